The van der Waals surface area contributed by atoms with E-state index in [9.17, 15) is 9.59 Å². The zero-order valence-electron chi connectivity index (χ0n) is 13.0. The molecule has 0 saturated carbocycles. The Hall–Kier alpha value is -2.06. The van der Waals surface area contributed by atoms with E-state index in [2.05, 4.69) is 10.2 Å². The molecule has 23 heavy (non-hydrogen) atoms. The maximum Gasteiger partial charge on any atom is 0.341 e. The molecule has 0 unspecified atom stereocenters. The smallest absolute Gasteiger partial charge is 0.341 e. The molecule has 7 nitrogen and oxygen atoms in total. The molecule has 0 aliphatic carbocycles. The van der Waals surface area contributed by atoms with Crippen LogP contribution in [0.15, 0.2) is 12.0 Å². The van der Waals surface area contributed by atoms with Crippen LogP contribution in [0.5, 0.6) is 0 Å². The molecule has 1 N–H and O–H groups in total. The van der Waals surface area contributed by atoms with Crippen LogP contribution in [0.3, 0.4) is 0 Å². The number of nitrogens with zero attached hydrogens (tertiary/aromatic N) is 1. The number of ether oxygens (including phenoxy) is 3. The van der Waals surface area contributed by atoms with E-state index in [0.29, 0.717) is 23.8 Å². The van der Waals surface area contributed by atoms with Crippen molar-refractivity contribution in [3.05, 3.63) is 28.0 Å². The summed E-state index contributed by atoms with van der Waals surface area (Å²) in [5.74, 6) is -0.755. The van der Waals surface area contributed by atoms with E-state index < -0.39 is 11.9 Å². The topological polar surface area (TPSA) is 77.1 Å². The first-order valence-electron chi connectivity index (χ1n) is 7.27. The first-order chi connectivity index (χ1) is 11.1. The number of carbonyl (C=O) groups is 2. The van der Waals surface area contributed by atoms with E-state index in [0.717, 1.165) is 30.0 Å². The molecule has 0 spiro atoms. The van der Waals surface area contributed by atoms with E-state index in [1.807, 2.05) is 7.05 Å². The number of likely N-dealkylation sites (N-methyl/N-ethyl adjacent to an activating group) is 1. The summed E-state index contributed by atoms with van der Waals surface area (Å²) >= 11 is 1.40. The Morgan fingerprint density at radius 2 is 2.22 bits per heavy atom. The lowest BCUT2D eigenvalue weighted by Crippen LogP contribution is -2.26. The Balaban J connectivity index is 1.90. The summed E-state index contributed by atoms with van der Waals surface area (Å²) < 4.78 is 15.2. The highest BCUT2D eigenvalue weighted by Gasteiger charge is 2.29. The van der Waals surface area contributed by atoms with Gasteiger partial charge < -0.3 is 24.4 Å². The number of amides is 1. The van der Waals surface area contributed by atoms with Crippen molar-refractivity contribution >= 4 is 28.2 Å². The summed E-state index contributed by atoms with van der Waals surface area (Å²) in [6.45, 7) is 2.37. The second-order valence-electron chi connectivity index (χ2n) is 5.34. The Bertz CT molecular complexity index is 667. The van der Waals surface area contributed by atoms with Crippen molar-refractivity contribution in [3.63, 3.8) is 0 Å². The van der Waals surface area contributed by atoms with Gasteiger partial charge in [-0.3, -0.25) is 4.79 Å². The molecular weight excluding hydrogens is 320 g/mol. The molecule has 1 aromatic heterocycles. The van der Waals surface area contributed by atoms with Crippen LogP contribution < -0.4 is 5.32 Å². The van der Waals surface area contributed by atoms with Crippen LogP contribution in [0.25, 0.3) is 0 Å². The SMILES string of the molecule is COC(=O)c1c(NC(=O)C2=COCCO2)sc2c1CCN(C)C2. The number of hydrogen-bond donors (Lipinski definition) is 1. The van der Waals surface area contributed by atoms with Gasteiger partial charge in [-0.05, 0) is 19.0 Å². The van der Waals surface area contributed by atoms with Gasteiger partial charge in [-0.25, -0.2) is 4.79 Å². The minimum Gasteiger partial charge on any atom is -0.494 e. The minimum absolute atomic E-state index is 0.107. The number of anilines is 1. The molecule has 2 aliphatic rings. The van der Waals surface area contributed by atoms with E-state index in [4.69, 9.17) is 14.2 Å². The Morgan fingerprint density at radius 3 is 2.91 bits per heavy atom. The van der Waals surface area contributed by atoms with E-state index >= 15 is 0 Å². The summed E-state index contributed by atoms with van der Waals surface area (Å²) in [6, 6.07) is 0. The second kappa shape index (κ2) is 6.59. The lowest BCUT2D eigenvalue weighted by molar-refractivity contribution is -0.117. The van der Waals surface area contributed by atoms with Gasteiger partial charge in [0.2, 0.25) is 5.76 Å². The number of methoxy groups -OCH3 is 1. The average Bonchev–Trinajstić information content (AvgIpc) is 2.91. The maximum absolute atomic E-state index is 12.3. The predicted octanol–water partition coefficient (Wildman–Crippen LogP) is 1.35. The number of fused-ring (bicyclic) bond motifs is 1. The largest absolute Gasteiger partial charge is 0.494 e. The van der Waals surface area contributed by atoms with Crippen LogP contribution in [0.2, 0.25) is 0 Å². The molecule has 1 amide bonds. The first-order valence-corrected chi connectivity index (χ1v) is 8.09. The van der Waals surface area contributed by atoms with Crippen LogP contribution in [0.1, 0.15) is 20.8 Å². The van der Waals surface area contributed by atoms with Crippen LogP contribution in [0, 0.1) is 0 Å². The van der Waals surface area contributed by atoms with Crippen molar-refractivity contribution < 1.29 is 23.8 Å². The van der Waals surface area contributed by atoms with Gasteiger partial charge in [0, 0.05) is 18.0 Å². The highest BCUT2D eigenvalue weighted by molar-refractivity contribution is 7.17. The summed E-state index contributed by atoms with van der Waals surface area (Å²) in [4.78, 5) is 27.7. The van der Waals surface area contributed by atoms with Gasteiger partial charge >= 0.3 is 5.97 Å². The number of carbonyl (C=O) groups excluding carboxylic acids is 2. The average molecular weight is 338 g/mol. The van der Waals surface area contributed by atoms with Crippen LogP contribution in [-0.2, 0) is 32.0 Å². The lowest BCUT2D eigenvalue weighted by atomic mass is 10.0. The predicted molar refractivity (Wildman–Crippen MR) is 84.3 cm³/mol. The summed E-state index contributed by atoms with van der Waals surface area (Å²) in [6.07, 6.45) is 2.04. The zero-order chi connectivity index (χ0) is 16.4. The first kappa shape index (κ1) is 15.8. The third kappa shape index (κ3) is 3.18. The van der Waals surface area contributed by atoms with Crippen molar-refractivity contribution in [1.29, 1.82) is 0 Å². The van der Waals surface area contributed by atoms with Crippen molar-refractivity contribution in [2.45, 2.75) is 13.0 Å². The quantitative estimate of drug-likeness (QED) is 0.839. The Morgan fingerprint density at radius 1 is 1.39 bits per heavy atom. The molecule has 3 heterocycles. The number of thiophene rings is 1. The normalized spacial score (nSPS) is 17.4. The molecule has 3 rings (SSSR count). The lowest BCUT2D eigenvalue weighted by Gasteiger charge is -2.22. The summed E-state index contributed by atoms with van der Waals surface area (Å²) in [7, 11) is 3.37. The van der Waals surface area contributed by atoms with Crippen LogP contribution in [0.4, 0.5) is 5.00 Å². The van der Waals surface area contributed by atoms with Gasteiger partial charge in [0.25, 0.3) is 5.91 Å². The van der Waals surface area contributed by atoms with Gasteiger partial charge in [0.1, 0.15) is 24.5 Å². The molecule has 0 aromatic carbocycles. The fraction of sp³-hybridized carbons (Fsp3) is 0.467. The van der Waals surface area contributed by atoms with Gasteiger partial charge in [-0.2, -0.15) is 0 Å². The fourth-order valence-corrected chi connectivity index (χ4v) is 3.90. The molecule has 0 saturated heterocycles. The van der Waals surface area contributed by atoms with Crippen molar-refractivity contribution in [2.75, 3.05) is 39.2 Å². The van der Waals surface area contributed by atoms with Crippen LogP contribution >= 0.6 is 11.3 Å². The number of nitrogens with one attached hydrogen (secondary N) is 1. The van der Waals surface area contributed by atoms with Gasteiger partial charge in [0.15, 0.2) is 0 Å². The summed E-state index contributed by atoms with van der Waals surface area (Å²) in [5.41, 5.74) is 1.41. The van der Waals surface area contributed by atoms with Crippen molar-refractivity contribution in [1.82, 2.24) is 4.90 Å². The zero-order valence-corrected chi connectivity index (χ0v) is 13.8. The fourth-order valence-electron chi connectivity index (χ4n) is 2.59. The standard InChI is InChI=1S/C15H18N2O5S/c1-17-4-3-9-11(7-17)23-14(12(9)15(19)20-2)16-13(18)10-8-21-5-6-22-10/h8H,3-7H2,1-2H3,(H,16,18). The van der Waals surface area contributed by atoms with E-state index in [1.54, 1.807) is 0 Å². The Kier molecular flexibility index (Phi) is 4.53. The molecule has 8 heteroatoms. The number of rotatable bonds is 3. The van der Waals surface area contributed by atoms with Crippen LogP contribution in [-0.4, -0.2) is 50.7 Å². The highest BCUT2D eigenvalue weighted by Crippen LogP contribution is 2.37. The monoisotopic (exact) mass is 338 g/mol. The summed E-state index contributed by atoms with van der Waals surface area (Å²) in [5, 5.41) is 3.25. The molecule has 1 aromatic rings. The molecule has 0 bridgehead atoms. The molecule has 0 atom stereocenters. The second-order valence-corrected chi connectivity index (χ2v) is 6.45. The highest BCUT2D eigenvalue weighted by atomic mass is 32.1. The van der Waals surface area contributed by atoms with Crippen molar-refractivity contribution in [3.8, 4) is 0 Å². The third-order valence-corrected chi connectivity index (χ3v) is 4.87. The number of hydrogen-bond acceptors (Lipinski definition) is 7. The van der Waals surface area contributed by atoms with Gasteiger partial charge in [-0.15, -0.1) is 11.3 Å². The van der Waals surface area contributed by atoms with Gasteiger partial charge in [0.05, 0.1) is 12.7 Å². The Labute approximate surface area is 137 Å². The number of esters is 1. The van der Waals surface area contributed by atoms with Gasteiger partial charge in [-0.1, -0.05) is 0 Å². The molecule has 0 fully saturated rings. The minimum atomic E-state index is -0.433. The molecular formula is C15H18N2O5S. The molecule has 124 valence electrons. The van der Waals surface area contributed by atoms with E-state index in [-0.39, 0.29) is 5.76 Å². The third-order valence-electron chi connectivity index (χ3n) is 3.74. The van der Waals surface area contributed by atoms with E-state index in [1.165, 1.54) is 24.7 Å². The van der Waals surface area contributed by atoms with Crippen molar-refractivity contribution in [2.24, 2.45) is 0 Å². The molecule has 2 aliphatic heterocycles. The maximum atomic E-state index is 12.3. The molecule has 0 radical (unpaired) electrons.